The van der Waals surface area contributed by atoms with Crippen molar-refractivity contribution in [1.82, 2.24) is 0 Å². The summed E-state index contributed by atoms with van der Waals surface area (Å²) in [7, 11) is 0. The molecule has 0 unspecified atom stereocenters. The lowest BCUT2D eigenvalue weighted by atomic mass is 10.0. The van der Waals surface area contributed by atoms with Crippen molar-refractivity contribution in [2.24, 2.45) is 0 Å². The lowest BCUT2D eigenvalue weighted by Gasteiger charge is -2.05. The van der Waals surface area contributed by atoms with E-state index in [1.54, 1.807) is 6.07 Å². The van der Waals surface area contributed by atoms with Gasteiger partial charge in [0.2, 0.25) is 0 Å². The van der Waals surface area contributed by atoms with Crippen molar-refractivity contribution >= 4 is 0 Å². The Balaban J connectivity index is 0.000000686. The van der Waals surface area contributed by atoms with Crippen molar-refractivity contribution in [3.8, 4) is 16.9 Å². The molecule has 0 saturated heterocycles. The Labute approximate surface area is 101 Å². The molecular formula is C14H17FO2. The van der Waals surface area contributed by atoms with E-state index < -0.39 is 0 Å². The van der Waals surface area contributed by atoms with Gasteiger partial charge in [0.1, 0.15) is 11.6 Å². The number of benzene rings is 1. The van der Waals surface area contributed by atoms with E-state index in [4.69, 9.17) is 4.42 Å². The molecule has 2 rings (SSSR count). The molecule has 0 aliphatic heterocycles. The van der Waals surface area contributed by atoms with Crippen LogP contribution in [0, 0.1) is 5.82 Å². The Bertz CT molecular complexity index is 461. The average molecular weight is 236 g/mol. The first kappa shape index (κ1) is 13.3. The van der Waals surface area contributed by atoms with Crippen LogP contribution in [0.4, 0.5) is 4.39 Å². The van der Waals surface area contributed by atoms with Gasteiger partial charge in [-0.1, -0.05) is 20.8 Å². The minimum Gasteiger partial charge on any atom is -0.507 e. The van der Waals surface area contributed by atoms with Gasteiger partial charge >= 0.3 is 0 Å². The van der Waals surface area contributed by atoms with E-state index in [0.717, 1.165) is 0 Å². The summed E-state index contributed by atoms with van der Waals surface area (Å²) in [5, 5.41) is 9.71. The van der Waals surface area contributed by atoms with Crippen molar-refractivity contribution < 1.29 is 13.9 Å². The zero-order chi connectivity index (χ0) is 12.8. The molecule has 2 nitrogen and oxygen atoms in total. The highest BCUT2D eigenvalue weighted by atomic mass is 19.1. The Morgan fingerprint density at radius 3 is 2.53 bits per heavy atom. The third-order valence-corrected chi connectivity index (χ3v) is 2.38. The Kier molecular flexibility index (Phi) is 4.76. The largest absolute Gasteiger partial charge is 0.507 e. The van der Waals surface area contributed by atoms with Gasteiger partial charge < -0.3 is 9.52 Å². The number of aromatic hydroxyl groups is 1. The Morgan fingerprint density at radius 2 is 2.00 bits per heavy atom. The standard InChI is InChI=1S/C12H11FO2.C2H6/c1-2-8-5-12(14)10(6-11(8)13)9-3-4-15-7-9;1-2/h3-7,14H,2H2,1H3;1-2H3. The van der Waals surface area contributed by atoms with Gasteiger partial charge in [0.05, 0.1) is 12.5 Å². The predicted molar refractivity (Wildman–Crippen MR) is 66.5 cm³/mol. The fourth-order valence-electron chi connectivity index (χ4n) is 1.52. The Hall–Kier alpha value is -1.77. The summed E-state index contributed by atoms with van der Waals surface area (Å²) in [5.41, 5.74) is 1.65. The summed E-state index contributed by atoms with van der Waals surface area (Å²) in [5.74, 6) is -0.221. The molecule has 0 saturated carbocycles. The van der Waals surface area contributed by atoms with E-state index in [0.29, 0.717) is 23.1 Å². The van der Waals surface area contributed by atoms with Crippen LogP contribution in [0.15, 0.2) is 35.1 Å². The van der Waals surface area contributed by atoms with Crippen LogP contribution in [0.2, 0.25) is 0 Å². The van der Waals surface area contributed by atoms with Crippen LogP contribution >= 0.6 is 0 Å². The molecule has 1 aromatic heterocycles. The minimum atomic E-state index is -0.300. The number of furan rings is 1. The zero-order valence-electron chi connectivity index (χ0n) is 10.3. The van der Waals surface area contributed by atoms with E-state index in [1.165, 1.54) is 24.7 Å². The lowest BCUT2D eigenvalue weighted by molar-refractivity contribution is 0.473. The summed E-state index contributed by atoms with van der Waals surface area (Å²) in [6.45, 7) is 5.84. The second-order valence-corrected chi connectivity index (χ2v) is 3.33. The van der Waals surface area contributed by atoms with Crippen molar-refractivity contribution in [3.63, 3.8) is 0 Å². The third kappa shape index (κ3) is 2.87. The first-order valence-electron chi connectivity index (χ1n) is 5.76. The van der Waals surface area contributed by atoms with Gasteiger partial charge in [0.25, 0.3) is 0 Å². The number of hydrogen-bond donors (Lipinski definition) is 1. The molecule has 0 radical (unpaired) electrons. The molecule has 17 heavy (non-hydrogen) atoms. The highest BCUT2D eigenvalue weighted by Crippen LogP contribution is 2.31. The van der Waals surface area contributed by atoms with Gasteiger partial charge in [0, 0.05) is 11.1 Å². The van der Waals surface area contributed by atoms with Gasteiger partial charge in [-0.2, -0.15) is 0 Å². The number of hydrogen-bond acceptors (Lipinski definition) is 2. The topological polar surface area (TPSA) is 33.4 Å². The summed E-state index contributed by atoms with van der Waals surface area (Å²) in [4.78, 5) is 0. The van der Waals surface area contributed by atoms with E-state index in [9.17, 15) is 9.50 Å². The maximum Gasteiger partial charge on any atom is 0.127 e. The van der Waals surface area contributed by atoms with Crippen molar-refractivity contribution in [2.45, 2.75) is 27.2 Å². The third-order valence-electron chi connectivity index (χ3n) is 2.38. The highest BCUT2D eigenvalue weighted by molar-refractivity contribution is 5.69. The maximum atomic E-state index is 13.5. The van der Waals surface area contributed by atoms with Gasteiger partial charge in [-0.05, 0) is 30.2 Å². The lowest BCUT2D eigenvalue weighted by Crippen LogP contribution is -1.89. The van der Waals surface area contributed by atoms with Crippen molar-refractivity contribution in [1.29, 1.82) is 0 Å². The highest BCUT2D eigenvalue weighted by Gasteiger charge is 2.10. The van der Waals surface area contributed by atoms with Crippen LogP contribution in [-0.2, 0) is 6.42 Å². The normalized spacial score (nSPS) is 9.65. The van der Waals surface area contributed by atoms with Crippen LogP contribution in [-0.4, -0.2) is 5.11 Å². The second-order valence-electron chi connectivity index (χ2n) is 3.33. The van der Waals surface area contributed by atoms with E-state index in [-0.39, 0.29) is 11.6 Å². The molecule has 0 aliphatic rings. The number of rotatable bonds is 2. The molecule has 92 valence electrons. The number of phenolic OH excluding ortho intramolecular Hbond substituents is 1. The summed E-state index contributed by atoms with van der Waals surface area (Å²) in [6.07, 6.45) is 3.52. The van der Waals surface area contributed by atoms with Crippen LogP contribution in [0.1, 0.15) is 26.3 Å². The fourth-order valence-corrected chi connectivity index (χ4v) is 1.52. The molecular weight excluding hydrogens is 219 g/mol. The molecule has 1 heterocycles. The first-order valence-corrected chi connectivity index (χ1v) is 5.76. The summed E-state index contributed by atoms with van der Waals surface area (Å²) in [6, 6.07) is 4.47. The van der Waals surface area contributed by atoms with Crippen molar-refractivity contribution in [3.05, 3.63) is 42.1 Å². The average Bonchev–Trinajstić information content (AvgIpc) is 2.87. The van der Waals surface area contributed by atoms with E-state index >= 15 is 0 Å². The number of aryl methyl sites for hydroxylation is 1. The molecule has 3 heteroatoms. The van der Waals surface area contributed by atoms with E-state index in [1.807, 2.05) is 20.8 Å². The summed E-state index contributed by atoms with van der Waals surface area (Å²) >= 11 is 0. The monoisotopic (exact) mass is 236 g/mol. The zero-order valence-corrected chi connectivity index (χ0v) is 10.3. The van der Waals surface area contributed by atoms with Crippen LogP contribution in [0.5, 0.6) is 5.75 Å². The summed E-state index contributed by atoms with van der Waals surface area (Å²) < 4.78 is 18.4. The molecule has 1 aromatic carbocycles. The van der Waals surface area contributed by atoms with Crippen LogP contribution in [0.25, 0.3) is 11.1 Å². The van der Waals surface area contributed by atoms with Crippen LogP contribution in [0.3, 0.4) is 0 Å². The maximum absolute atomic E-state index is 13.5. The van der Waals surface area contributed by atoms with Gasteiger partial charge in [-0.3, -0.25) is 0 Å². The second kappa shape index (κ2) is 6.09. The molecule has 2 aromatic rings. The number of halogens is 1. The minimum absolute atomic E-state index is 0.0784. The molecule has 0 fully saturated rings. The molecule has 0 aliphatic carbocycles. The van der Waals surface area contributed by atoms with Gasteiger partial charge in [-0.25, -0.2) is 4.39 Å². The Morgan fingerprint density at radius 1 is 1.29 bits per heavy atom. The van der Waals surface area contributed by atoms with Gasteiger partial charge in [0.15, 0.2) is 0 Å². The molecule has 0 atom stereocenters. The van der Waals surface area contributed by atoms with Gasteiger partial charge in [-0.15, -0.1) is 0 Å². The van der Waals surface area contributed by atoms with Crippen LogP contribution < -0.4 is 0 Å². The smallest absolute Gasteiger partial charge is 0.127 e. The van der Waals surface area contributed by atoms with Crippen molar-refractivity contribution in [2.75, 3.05) is 0 Å². The van der Waals surface area contributed by atoms with E-state index in [2.05, 4.69) is 0 Å². The fraction of sp³-hybridized carbons (Fsp3) is 0.286. The quantitative estimate of drug-likeness (QED) is 0.839. The molecule has 0 amide bonds. The molecule has 0 bridgehead atoms. The number of phenols is 1. The SMILES string of the molecule is CC.CCc1cc(O)c(-c2ccoc2)cc1F. The first-order chi connectivity index (χ1) is 8.22. The predicted octanol–water partition coefficient (Wildman–Crippen LogP) is 4.38. The molecule has 1 N–H and O–H groups in total. The molecule has 0 spiro atoms.